The van der Waals surface area contributed by atoms with Crippen LogP contribution in [0.2, 0.25) is 0 Å². The first-order valence-corrected chi connectivity index (χ1v) is 34.1. The average Bonchev–Trinajstić information content (AvgIpc) is 0.675. The summed E-state index contributed by atoms with van der Waals surface area (Å²) in [5.41, 5.74) is -2.27. The second kappa shape index (κ2) is 28.3. The molecule has 0 aromatic heterocycles. The highest BCUT2D eigenvalue weighted by Gasteiger charge is 2.71. The van der Waals surface area contributed by atoms with E-state index in [0.29, 0.717) is 57.8 Å². The van der Waals surface area contributed by atoms with Crippen molar-refractivity contribution in [1.82, 2.24) is 0 Å². The molecule has 11 rings (SSSR count). The summed E-state index contributed by atoms with van der Waals surface area (Å²) in [6.45, 7) is 13.2. The molecule has 0 unspecified atom stereocenters. The monoisotopic (exact) mass is 1380 g/mol. The van der Waals surface area contributed by atoms with E-state index >= 15 is 4.79 Å². The number of aliphatic hydroxyl groups excluding tert-OH is 18. The maximum atomic E-state index is 15.2. The molecule has 0 bridgehead atoms. The van der Waals surface area contributed by atoms with Crippen LogP contribution in [0.5, 0.6) is 0 Å². The van der Waals surface area contributed by atoms with Crippen molar-refractivity contribution < 1.29 is 154 Å². The molecule has 31 nitrogen and oxygen atoms in total. The summed E-state index contributed by atoms with van der Waals surface area (Å²) < 4.78 is 71.5. The van der Waals surface area contributed by atoms with Crippen molar-refractivity contribution in [1.29, 1.82) is 0 Å². The molecule has 0 radical (unpaired) electrons. The third kappa shape index (κ3) is 12.8. The summed E-state index contributed by atoms with van der Waals surface area (Å²) in [6, 6.07) is 0. The molecular weight excluding hydrogens is 1280 g/mol. The van der Waals surface area contributed by atoms with E-state index in [4.69, 9.17) is 56.8 Å². The van der Waals surface area contributed by atoms with Crippen LogP contribution in [0.1, 0.15) is 120 Å². The highest BCUT2D eigenvalue weighted by Crippen LogP contribution is 2.76. The van der Waals surface area contributed by atoms with E-state index < -0.39 is 238 Å². The fourth-order valence-corrected chi connectivity index (χ4v) is 19.0. The lowest BCUT2D eigenvalue weighted by Crippen LogP contribution is -2.67. The molecule has 18 N–H and O–H groups in total. The zero-order valence-electron chi connectivity index (χ0n) is 55.6. The third-order valence-corrected chi connectivity index (χ3v) is 25.3. The molecule has 4 saturated carbocycles. The predicted octanol–water partition coefficient (Wildman–Crippen LogP) is -4.72. The number of allylic oxidation sites excluding steroid dienone is 2. The molecule has 31 heteroatoms. The first-order valence-electron chi connectivity index (χ1n) is 34.1. The average molecular weight is 1380 g/mol. The first-order chi connectivity index (χ1) is 45.1. The van der Waals surface area contributed by atoms with Crippen LogP contribution in [0.15, 0.2) is 11.6 Å². The molecule has 10 fully saturated rings. The molecular formula is C65H106O31. The molecule has 552 valence electrons. The van der Waals surface area contributed by atoms with Gasteiger partial charge in [0.15, 0.2) is 31.5 Å². The van der Waals surface area contributed by atoms with Gasteiger partial charge in [0.2, 0.25) is 6.29 Å². The van der Waals surface area contributed by atoms with Gasteiger partial charge in [-0.05, 0) is 117 Å². The van der Waals surface area contributed by atoms with Gasteiger partial charge in [0.25, 0.3) is 0 Å². The van der Waals surface area contributed by atoms with Gasteiger partial charge in [0.1, 0.15) is 128 Å². The Hall–Kier alpha value is -1.95. The number of hydrogen-bond acceptors (Lipinski definition) is 31. The van der Waals surface area contributed by atoms with Crippen LogP contribution < -0.4 is 0 Å². The Labute approximate surface area is 556 Å². The minimum Gasteiger partial charge on any atom is -0.432 e. The minimum atomic E-state index is -1.99. The van der Waals surface area contributed by atoms with E-state index in [-0.39, 0.29) is 35.2 Å². The summed E-state index contributed by atoms with van der Waals surface area (Å²) in [7, 11) is 0. The van der Waals surface area contributed by atoms with Crippen LogP contribution in [-0.4, -0.2) is 315 Å². The van der Waals surface area contributed by atoms with Gasteiger partial charge in [-0.1, -0.05) is 53.2 Å². The molecule has 0 aromatic rings. The number of hydrogen-bond donors (Lipinski definition) is 18. The standard InChI is InChI=1S/C65H106O31/c1-25-36(70)42(76)46(80)54(87-25)94-51-41(75)31(21-67)90-57(49(51)83)93-50-37(71)26(2)88-56(48(50)82)95-52-38(72)29(69)22-85-58(52)92-35-12-13-61(5)33(62(35,6)24-68)11-14-64(8)34(61)10-9-27-28-19-60(3,4)15-17-65(28,18-16-63(27,64)7)59(84)96-55-47(81)44(78)40(74)32(91-55)23-86-53-45(79)43(77)39(73)30(20-66)89-53/h9,25-26,28-58,66-83H,10-24H2,1-8H3/t25-,26-,28-,29-,30+,31+,32+,33+,34+,35-,36-,37-,38-,39+,40+,41+,42+,43-,44-,45+,46+,47+,48+,49+,50+,51-,52+,53+,54-,55-,56-,57-,58-,61-,62-,63+,64+,65-/m0/s1. The number of esters is 1. The Morgan fingerprint density at radius 2 is 1.03 bits per heavy atom. The second-order valence-electron chi connectivity index (χ2n) is 31.3. The number of aliphatic hydroxyl groups is 18. The lowest BCUT2D eigenvalue weighted by Gasteiger charge is -2.71. The van der Waals surface area contributed by atoms with Crippen molar-refractivity contribution in [3.8, 4) is 0 Å². The van der Waals surface area contributed by atoms with Crippen molar-refractivity contribution in [2.75, 3.05) is 33.0 Å². The predicted molar refractivity (Wildman–Crippen MR) is 321 cm³/mol. The van der Waals surface area contributed by atoms with Crippen molar-refractivity contribution in [3.05, 3.63) is 11.6 Å². The van der Waals surface area contributed by atoms with Crippen molar-refractivity contribution in [2.24, 2.45) is 50.2 Å². The van der Waals surface area contributed by atoms with Crippen LogP contribution in [0.25, 0.3) is 0 Å². The highest BCUT2D eigenvalue weighted by atomic mass is 16.8. The molecule has 96 heavy (non-hydrogen) atoms. The van der Waals surface area contributed by atoms with E-state index in [0.717, 1.165) is 12.0 Å². The fourth-order valence-electron chi connectivity index (χ4n) is 19.0. The molecule has 5 aliphatic carbocycles. The number of fused-ring (bicyclic) bond motifs is 7. The Morgan fingerprint density at radius 1 is 0.500 bits per heavy atom. The van der Waals surface area contributed by atoms with E-state index in [1.54, 1.807) is 0 Å². The number of carbonyl (C=O) groups is 1. The Kier molecular flexibility index (Phi) is 22.1. The van der Waals surface area contributed by atoms with E-state index in [1.165, 1.54) is 13.8 Å². The van der Waals surface area contributed by atoms with Gasteiger partial charge in [-0.25, -0.2) is 0 Å². The van der Waals surface area contributed by atoms with Gasteiger partial charge in [-0.15, -0.1) is 0 Å². The molecule has 11 aliphatic rings. The minimum absolute atomic E-state index is 0.0578. The normalized spacial score (nSPS) is 55.1. The zero-order chi connectivity index (χ0) is 70.0. The highest BCUT2D eigenvalue weighted by molar-refractivity contribution is 5.79. The Balaban J connectivity index is 0.781. The lowest BCUT2D eigenvalue weighted by atomic mass is 9.33. The van der Waals surface area contributed by atoms with Crippen molar-refractivity contribution in [3.63, 3.8) is 0 Å². The summed E-state index contributed by atoms with van der Waals surface area (Å²) in [6.07, 6.45) is -40.9. The zero-order valence-corrected chi connectivity index (χ0v) is 55.6. The SMILES string of the molecule is C[C@@H]1O[C@@H](O[C@@H]2[C@@H](O)[C@H](O[C@@H]3[C@@H](O)[C@H](C)O[C@@H](O[C@H]4[C@H](O[C@H]5CC[C@@]6(C)[C@@H](CC[C@]7(C)[C@@H]6CC=C6[C@@H]8CC(C)(C)CC[C@]8(C(=O)O[C@@H]8O[C@H](CO[C@@H]9O[C@H](CO)[C@@H](O)[C@H](O)[C@H]9O)[C@@H](O)[C@H](O)[C@H]8O)CC[C@]67C)[C@]5(C)CO)OC[C@H](O)[C@@H]4O)[C@@H]3O)O[C@H](CO)[C@H]2O)[C@H](O)[C@H](O)[C@H]1O. The van der Waals surface area contributed by atoms with E-state index in [9.17, 15) is 91.9 Å². The quantitative estimate of drug-likeness (QED) is 0.0392. The van der Waals surface area contributed by atoms with Crippen LogP contribution in [0, 0.1) is 50.2 Å². The number of ether oxygens (including phenoxy) is 12. The molecule has 0 amide bonds. The number of carbonyl (C=O) groups excluding carboxylic acids is 1. The van der Waals surface area contributed by atoms with Gasteiger partial charge >= 0.3 is 5.97 Å². The molecule has 6 heterocycles. The van der Waals surface area contributed by atoms with Gasteiger partial charge in [0, 0.05) is 5.41 Å². The molecule has 6 aliphatic heterocycles. The summed E-state index contributed by atoms with van der Waals surface area (Å²) in [4.78, 5) is 15.2. The molecule has 0 aromatic carbocycles. The van der Waals surface area contributed by atoms with Crippen LogP contribution in [0.4, 0.5) is 0 Å². The topological polar surface area (TPSA) is 492 Å². The van der Waals surface area contributed by atoms with E-state index in [2.05, 4.69) is 40.7 Å². The maximum absolute atomic E-state index is 15.2. The van der Waals surface area contributed by atoms with Crippen LogP contribution >= 0.6 is 0 Å². The smallest absolute Gasteiger partial charge is 0.315 e. The number of rotatable bonds is 16. The van der Waals surface area contributed by atoms with Crippen LogP contribution in [-0.2, 0) is 61.6 Å². The third-order valence-electron chi connectivity index (χ3n) is 25.3. The van der Waals surface area contributed by atoms with Gasteiger partial charge in [-0.3, -0.25) is 4.79 Å². The summed E-state index contributed by atoms with van der Waals surface area (Å²) in [5, 5.41) is 197. The van der Waals surface area contributed by atoms with Gasteiger partial charge in [-0.2, -0.15) is 0 Å². The second-order valence-corrected chi connectivity index (χ2v) is 31.3. The summed E-state index contributed by atoms with van der Waals surface area (Å²) in [5.74, 6) is -1.03. The molecule has 38 atom stereocenters. The van der Waals surface area contributed by atoms with Gasteiger partial charge < -0.3 is 149 Å². The molecule has 0 spiro atoms. The van der Waals surface area contributed by atoms with Gasteiger partial charge in [0.05, 0.1) is 56.8 Å². The summed E-state index contributed by atoms with van der Waals surface area (Å²) >= 11 is 0. The Morgan fingerprint density at radius 3 is 1.68 bits per heavy atom. The lowest BCUT2D eigenvalue weighted by molar-refractivity contribution is -0.391. The van der Waals surface area contributed by atoms with E-state index in [1.807, 2.05) is 6.92 Å². The van der Waals surface area contributed by atoms with Crippen LogP contribution in [0.3, 0.4) is 0 Å². The maximum Gasteiger partial charge on any atom is 0.315 e. The Bertz CT molecular complexity index is 2700. The largest absolute Gasteiger partial charge is 0.432 e. The first kappa shape index (κ1) is 75.2. The van der Waals surface area contributed by atoms with Crippen molar-refractivity contribution in [2.45, 2.75) is 304 Å². The van der Waals surface area contributed by atoms with Crippen molar-refractivity contribution >= 4 is 5.97 Å². The molecule has 6 saturated heterocycles. The fraction of sp³-hybridized carbons (Fsp3) is 0.954.